The first-order valence-corrected chi connectivity index (χ1v) is 3.42. The molecule has 0 rings (SSSR count). The van der Waals surface area contributed by atoms with Crippen molar-refractivity contribution >= 4 is 17.5 Å². The fourth-order valence-corrected chi connectivity index (χ4v) is 0.433. The van der Waals surface area contributed by atoms with E-state index in [0.29, 0.717) is 0 Å². The second kappa shape index (κ2) is 4.19. The molecule has 0 spiro atoms. The largest absolute Gasteiger partial charge is 0.341 e. The maximum Gasteiger partial charge on any atom is 0.238 e. The van der Waals surface area contributed by atoms with E-state index < -0.39 is 5.38 Å². The van der Waals surface area contributed by atoms with E-state index in [2.05, 4.69) is 11.2 Å². The molecule has 0 saturated heterocycles. The number of hydrogen-bond donors (Lipinski definition) is 1. The zero-order valence-corrected chi connectivity index (χ0v) is 6.77. The van der Waals surface area contributed by atoms with E-state index in [9.17, 15) is 4.79 Å². The Bertz CT molecular complexity index is 159. The van der Waals surface area contributed by atoms with E-state index in [0.717, 1.165) is 0 Å². The van der Waals surface area contributed by atoms with Crippen LogP contribution in [0.3, 0.4) is 0 Å². The highest BCUT2D eigenvalue weighted by Gasteiger charge is 2.09. The molecule has 0 fully saturated rings. The van der Waals surface area contributed by atoms with Gasteiger partial charge in [-0.25, -0.2) is 0 Å². The van der Waals surface area contributed by atoms with Crippen molar-refractivity contribution in [1.82, 2.24) is 5.32 Å². The molecule has 0 saturated carbocycles. The Kier molecular flexibility index (Phi) is 3.90. The van der Waals surface area contributed by atoms with Crippen molar-refractivity contribution in [3.63, 3.8) is 0 Å². The SMILES string of the molecule is C#CC(C)NC(=O)C(C)Cl. The summed E-state index contributed by atoms with van der Waals surface area (Å²) >= 11 is 5.45. The Morgan fingerprint density at radius 1 is 1.70 bits per heavy atom. The molecular formula is C7H10ClNO. The lowest BCUT2D eigenvalue weighted by Crippen LogP contribution is -2.35. The van der Waals surface area contributed by atoms with Gasteiger partial charge in [-0.1, -0.05) is 5.92 Å². The lowest BCUT2D eigenvalue weighted by atomic mass is 10.3. The molecule has 2 unspecified atom stereocenters. The third kappa shape index (κ3) is 3.37. The maximum absolute atomic E-state index is 10.8. The number of carbonyl (C=O) groups is 1. The molecule has 0 aliphatic carbocycles. The standard InChI is InChI=1S/C7H10ClNO/c1-4-5(2)9-7(10)6(3)8/h1,5-6H,2-3H3,(H,9,10). The average Bonchev–Trinajstić information content (AvgIpc) is 1.87. The van der Waals surface area contributed by atoms with Crippen molar-refractivity contribution in [3.8, 4) is 12.3 Å². The highest BCUT2D eigenvalue weighted by Crippen LogP contribution is 1.92. The molecule has 0 aromatic rings. The summed E-state index contributed by atoms with van der Waals surface area (Å²) in [6.07, 6.45) is 5.01. The van der Waals surface area contributed by atoms with Gasteiger partial charge in [0, 0.05) is 0 Å². The first-order chi connectivity index (χ1) is 4.57. The van der Waals surface area contributed by atoms with Crippen molar-refractivity contribution in [2.45, 2.75) is 25.3 Å². The number of nitrogens with one attached hydrogen (secondary N) is 1. The molecule has 10 heavy (non-hydrogen) atoms. The monoisotopic (exact) mass is 159 g/mol. The number of terminal acetylenes is 1. The molecule has 1 amide bonds. The van der Waals surface area contributed by atoms with Crippen LogP contribution in [-0.2, 0) is 4.79 Å². The molecule has 0 aromatic heterocycles. The van der Waals surface area contributed by atoms with Crippen LogP contribution in [0.15, 0.2) is 0 Å². The molecule has 0 aliphatic heterocycles. The van der Waals surface area contributed by atoms with Crippen LogP contribution in [0.1, 0.15) is 13.8 Å². The molecule has 1 N–H and O–H groups in total. The van der Waals surface area contributed by atoms with Crippen LogP contribution in [0.2, 0.25) is 0 Å². The first kappa shape index (κ1) is 9.32. The molecule has 56 valence electrons. The van der Waals surface area contributed by atoms with E-state index in [1.54, 1.807) is 13.8 Å². The molecule has 0 radical (unpaired) electrons. The van der Waals surface area contributed by atoms with Crippen LogP contribution < -0.4 is 5.32 Å². The number of halogens is 1. The Morgan fingerprint density at radius 2 is 2.20 bits per heavy atom. The van der Waals surface area contributed by atoms with Crippen molar-refractivity contribution < 1.29 is 4.79 Å². The molecule has 2 nitrogen and oxygen atoms in total. The van der Waals surface area contributed by atoms with Crippen LogP contribution in [-0.4, -0.2) is 17.3 Å². The van der Waals surface area contributed by atoms with Crippen LogP contribution >= 0.6 is 11.6 Å². The van der Waals surface area contributed by atoms with E-state index >= 15 is 0 Å². The van der Waals surface area contributed by atoms with E-state index in [1.807, 2.05) is 0 Å². The highest BCUT2D eigenvalue weighted by molar-refractivity contribution is 6.30. The smallest absolute Gasteiger partial charge is 0.238 e. The number of alkyl halides is 1. The fraction of sp³-hybridized carbons (Fsp3) is 0.571. The number of carbonyl (C=O) groups excluding carboxylic acids is 1. The summed E-state index contributed by atoms with van der Waals surface area (Å²) in [4.78, 5) is 10.8. The van der Waals surface area contributed by atoms with E-state index in [4.69, 9.17) is 18.0 Å². The molecule has 2 atom stereocenters. The Hall–Kier alpha value is -0.680. The lowest BCUT2D eigenvalue weighted by Gasteiger charge is -2.07. The molecule has 0 aliphatic rings. The Morgan fingerprint density at radius 3 is 2.50 bits per heavy atom. The fourth-order valence-electron chi connectivity index (χ4n) is 0.370. The van der Waals surface area contributed by atoms with Crippen LogP contribution in [0.5, 0.6) is 0 Å². The summed E-state index contributed by atoms with van der Waals surface area (Å²) in [6.45, 7) is 3.32. The van der Waals surface area contributed by atoms with Gasteiger partial charge in [-0.3, -0.25) is 4.79 Å². The lowest BCUT2D eigenvalue weighted by molar-refractivity contribution is -0.120. The number of rotatable bonds is 2. The predicted octanol–water partition coefficient (Wildman–Crippen LogP) is 0.752. The third-order valence-electron chi connectivity index (χ3n) is 0.970. The normalized spacial score (nSPS) is 15.0. The van der Waals surface area contributed by atoms with Gasteiger partial charge in [0.25, 0.3) is 0 Å². The van der Waals surface area contributed by atoms with Gasteiger partial charge < -0.3 is 5.32 Å². The zero-order valence-electron chi connectivity index (χ0n) is 6.02. The van der Waals surface area contributed by atoms with Crippen molar-refractivity contribution in [1.29, 1.82) is 0 Å². The van der Waals surface area contributed by atoms with Gasteiger partial charge >= 0.3 is 0 Å². The summed E-state index contributed by atoms with van der Waals surface area (Å²) in [5.41, 5.74) is 0. The minimum absolute atomic E-state index is 0.230. The summed E-state index contributed by atoms with van der Waals surface area (Å²) in [5.74, 6) is 2.13. The average molecular weight is 160 g/mol. The van der Waals surface area contributed by atoms with E-state index in [1.165, 1.54) is 0 Å². The quantitative estimate of drug-likeness (QED) is 0.468. The maximum atomic E-state index is 10.8. The molecular weight excluding hydrogens is 150 g/mol. The molecule has 0 heterocycles. The number of amides is 1. The Labute approximate surface area is 65.9 Å². The predicted molar refractivity (Wildman–Crippen MR) is 41.8 cm³/mol. The van der Waals surface area contributed by atoms with Gasteiger partial charge in [-0.2, -0.15) is 0 Å². The zero-order chi connectivity index (χ0) is 8.15. The second-order valence-corrected chi connectivity index (χ2v) is 2.67. The minimum Gasteiger partial charge on any atom is -0.341 e. The van der Waals surface area contributed by atoms with Gasteiger partial charge in [0.2, 0.25) is 5.91 Å². The summed E-state index contributed by atoms with van der Waals surface area (Å²) < 4.78 is 0. The van der Waals surface area contributed by atoms with Crippen LogP contribution in [0.25, 0.3) is 0 Å². The first-order valence-electron chi connectivity index (χ1n) is 2.98. The second-order valence-electron chi connectivity index (χ2n) is 2.01. The third-order valence-corrected chi connectivity index (χ3v) is 1.17. The summed E-state index contributed by atoms with van der Waals surface area (Å²) in [5, 5.41) is 2.00. The van der Waals surface area contributed by atoms with Gasteiger partial charge in [-0.05, 0) is 13.8 Å². The number of hydrogen-bond acceptors (Lipinski definition) is 1. The van der Waals surface area contributed by atoms with Crippen LogP contribution in [0, 0.1) is 12.3 Å². The van der Waals surface area contributed by atoms with Gasteiger partial charge in [0.1, 0.15) is 5.38 Å². The van der Waals surface area contributed by atoms with Crippen molar-refractivity contribution in [2.75, 3.05) is 0 Å². The Balaban J connectivity index is 3.71. The van der Waals surface area contributed by atoms with Gasteiger partial charge in [-0.15, -0.1) is 18.0 Å². The minimum atomic E-state index is -0.518. The van der Waals surface area contributed by atoms with Gasteiger partial charge in [0.15, 0.2) is 0 Å². The topological polar surface area (TPSA) is 29.1 Å². The summed E-state index contributed by atoms with van der Waals surface area (Å²) in [7, 11) is 0. The molecule has 0 aromatic carbocycles. The highest BCUT2D eigenvalue weighted by atomic mass is 35.5. The molecule has 0 bridgehead atoms. The summed E-state index contributed by atoms with van der Waals surface area (Å²) in [6, 6.07) is -0.242. The van der Waals surface area contributed by atoms with E-state index in [-0.39, 0.29) is 11.9 Å². The van der Waals surface area contributed by atoms with Gasteiger partial charge in [0.05, 0.1) is 6.04 Å². The molecule has 3 heteroatoms. The van der Waals surface area contributed by atoms with Crippen molar-refractivity contribution in [2.24, 2.45) is 0 Å². The van der Waals surface area contributed by atoms with Crippen molar-refractivity contribution in [3.05, 3.63) is 0 Å². The van der Waals surface area contributed by atoms with Crippen LogP contribution in [0.4, 0.5) is 0 Å².